The van der Waals surface area contributed by atoms with Crippen molar-refractivity contribution in [1.82, 2.24) is 0 Å². The van der Waals surface area contributed by atoms with E-state index in [0.29, 0.717) is 6.61 Å². The Hall–Kier alpha value is -2.00. The molecule has 0 aliphatic carbocycles. The molecule has 112 valence electrons. The molecule has 0 radical (unpaired) electrons. The van der Waals surface area contributed by atoms with E-state index in [9.17, 15) is 0 Å². The molecule has 3 heteroatoms. The van der Waals surface area contributed by atoms with Crippen LogP contribution >= 0.6 is 0 Å². The van der Waals surface area contributed by atoms with E-state index in [1.165, 1.54) is 0 Å². The van der Waals surface area contributed by atoms with Gasteiger partial charge in [-0.25, -0.2) is 0 Å². The molecule has 0 aliphatic heterocycles. The van der Waals surface area contributed by atoms with E-state index >= 15 is 0 Å². The summed E-state index contributed by atoms with van der Waals surface area (Å²) in [6.07, 6.45) is 0. The van der Waals surface area contributed by atoms with E-state index in [1.807, 2.05) is 31.2 Å². The third kappa shape index (κ3) is 3.37. The van der Waals surface area contributed by atoms with Crippen LogP contribution in [0.1, 0.15) is 35.2 Å². The largest absolute Gasteiger partial charge is 0.496 e. The summed E-state index contributed by atoms with van der Waals surface area (Å²) in [5.41, 5.74) is 10.8. The summed E-state index contributed by atoms with van der Waals surface area (Å²) in [5, 5.41) is 0. The van der Waals surface area contributed by atoms with Crippen LogP contribution in [0.2, 0.25) is 0 Å². The number of rotatable bonds is 5. The molecule has 0 aromatic heterocycles. The molecule has 2 rings (SSSR count). The fraction of sp³-hybridized carbons (Fsp3) is 0.333. The SMILES string of the molecule is CCOc1ccc(C)cc1C(N)c1cc(C)ccc1OC. The molecule has 1 atom stereocenters. The Morgan fingerprint density at radius 1 is 0.952 bits per heavy atom. The fourth-order valence-electron chi connectivity index (χ4n) is 2.46. The third-order valence-electron chi connectivity index (χ3n) is 3.52. The van der Waals surface area contributed by atoms with Gasteiger partial charge in [0, 0.05) is 11.1 Å². The highest BCUT2D eigenvalue weighted by atomic mass is 16.5. The van der Waals surface area contributed by atoms with Gasteiger partial charge in [0.1, 0.15) is 11.5 Å². The van der Waals surface area contributed by atoms with E-state index in [-0.39, 0.29) is 6.04 Å². The predicted molar refractivity (Wildman–Crippen MR) is 86.1 cm³/mol. The Morgan fingerprint density at radius 2 is 1.48 bits per heavy atom. The van der Waals surface area contributed by atoms with Gasteiger partial charge in [-0.3, -0.25) is 0 Å². The average molecular weight is 285 g/mol. The Kier molecular flexibility index (Phi) is 4.86. The normalized spacial score (nSPS) is 12.0. The van der Waals surface area contributed by atoms with Crippen LogP contribution in [-0.2, 0) is 0 Å². The van der Waals surface area contributed by atoms with Gasteiger partial charge in [0.2, 0.25) is 0 Å². The van der Waals surface area contributed by atoms with Gasteiger partial charge in [0.05, 0.1) is 19.8 Å². The lowest BCUT2D eigenvalue weighted by Crippen LogP contribution is -2.15. The van der Waals surface area contributed by atoms with Crippen molar-refractivity contribution in [3.05, 3.63) is 58.7 Å². The number of nitrogens with two attached hydrogens (primary N) is 1. The maximum atomic E-state index is 6.50. The van der Waals surface area contributed by atoms with Crippen LogP contribution in [0.25, 0.3) is 0 Å². The Bertz CT molecular complexity index is 623. The molecule has 0 saturated heterocycles. The van der Waals surface area contributed by atoms with Crippen LogP contribution < -0.4 is 15.2 Å². The first-order valence-corrected chi connectivity index (χ1v) is 7.20. The minimum absolute atomic E-state index is 0.277. The number of methoxy groups -OCH3 is 1. The van der Waals surface area contributed by atoms with E-state index in [2.05, 4.69) is 26.0 Å². The van der Waals surface area contributed by atoms with Gasteiger partial charge in [0.15, 0.2) is 0 Å². The van der Waals surface area contributed by atoms with E-state index in [0.717, 1.165) is 33.8 Å². The Labute approximate surface area is 126 Å². The fourth-order valence-corrected chi connectivity index (χ4v) is 2.46. The van der Waals surface area contributed by atoms with Gasteiger partial charge in [-0.2, -0.15) is 0 Å². The first-order chi connectivity index (χ1) is 10.1. The van der Waals surface area contributed by atoms with Crippen LogP contribution in [0.3, 0.4) is 0 Å². The zero-order valence-electron chi connectivity index (χ0n) is 13.1. The van der Waals surface area contributed by atoms with Crippen LogP contribution in [0.15, 0.2) is 36.4 Å². The molecule has 3 nitrogen and oxygen atoms in total. The van der Waals surface area contributed by atoms with Crippen molar-refractivity contribution in [2.24, 2.45) is 5.73 Å². The highest BCUT2D eigenvalue weighted by Crippen LogP contribution is 2.34. The zero-order valence-corrected chi connectivity index (χ0v) is 13.1. The van der Waals surface area contributed by atoms with Gasteiger partial charge >= 0.3 is 0 Å². The molecule has 21 heavy (non-hydrogen) atoms. The maximum absolute atomic E-state index is 6.50. The minimum atomic E-state index is -0.277. The monoisotopic (exact) mass is 285 g/mol. The summed E-state index contributed by atoms with van der Waals surface area (Å²) in [5.74, 6) is 1.64. The molecule has 0 amide bonds. The van der Waals surface area contributed by atoms with Crippen molar-refractivity contribution in [1.29, 1.82) is 0 Å². The lowest BCUT2D eigenvalue weighted by atomic mass is 9.95. The predicted octanol–water partition coefficient (Wildman–Crippen LogP) is 3.76. The molecule has 2 aromatic rings. The van der Waals surface area contributed by atoms with Crippen molar-refractivity contribution in [3.8, 4) is 11.5 Å². The lowest BCUT2D eigenvalue weighted by molar-refractivity contribution is 0.335. The lowest BCUT2D eigenvalue weighted by Gasteiger charge is -2.20. The van der Waals surface area contributed by atoms with Crippen molar-refractivity contribution in [2.45, 2.75) is 26.8 Å². The van der Waals surface area contributed by atoms with Gasteiger partial charge in [-0.15, -0.1) is 0 Å². The second-order valence-corrected chi connectivity index (χ2v) is 5.20. The second kappa shape index (κ2) is 6.64. The highest BCUT2D eigenvalue weighted by molar-refractivity contribution is 5.48. The summed E-state index contributed by atoms with van der Waals surface area (Å²) in [6.45, 7) is 6.70. The van der Waals surface area contributed by atoms with Crippen molar-refractivity contribution < 1.29 is 9.47 Å². The molecular weight excluding hydrogens is 262 g/mol. The van der Waals surface area contributed by atoms with Gasteiger partial charge < -0.3 is 15.2 Å². The molecule has 2 aromatic carbocycles. The van der Waals surface area contributed by atoms with Crippen LogP contribution in [0.4, 0.5) is 0 Å². The third-order valence-corrected chi connectivity index (χ3v) is 3.52. The molecule has 0 spiro atoms. The van der Waals surface area contributed by atoms with Crippen molar-refractivity contribution >= 4 is 0 Å². The number of aryl methyl sites for hydroxylation is 2. The van der Waals surface area contributed by atoms with E-state index < -0.39 is 0 Å². The highest BCUT2D eigenvalue weighted by Gasteiger charge is 2.18. The average Bonchev–Trinajstić information content (AvgIpc) is 2.48. The van der Waals surface area contributed by atoms with Crippen LogP contribution in [-0.4, -0.2) is 13.7 Å². The summed E-state index contributed by atoms with van der Waals surface area (Å²) >= 11 is 0. The number of hydrogen-bond acceptors (Lipinski definition) is 3. The zero-order chi connectivity index (χ0) is 15.4. The number of benzene rings is 2. The molecule has 0 heterocycles. The summed E-state index contributed by atoms with van der Waals surface area (Å²) in [6, 6.07) is 11.9. The Morgan fingerprint density at radius 3 is 2.00 bits per heavy atom. The maximum Gasteiger partial charge on any atom is 0.124 e. The molecule has 0 bridgehead atoms. The molecule has 0 fully saturated rings. The van der Waals surface area contributed by atoms with E-state index in [1.54, 1.807) is 7.11 Å². The second-order valence-electron chi connectivity index (χ2n) is 5.20. The first-order valence-electron chi connectivity index (χ1n) is 7.20. The van der Waals surface area contributed by atoms with E-state index in [4.69, 9.17) is 15.2 Å². The van der Waals surface area contributed by atoms with Crippen molar-refractivity contribution in [3.63, 3.8) is 0 Å². The van der Waals surface area contributed by atoms with Crippen molar-refractivity contribution in [2.75, 3.05) is 13.7 Å². The topological polar surface area (TPSA) is 44.5 Å². The van der Waals surface area contributed by atoms with Gasteiger partial charge in [-0.1, -0.05) is 35.4 Å². The summed E-state index contributed by atoms with van der Waals surface area (Å²) in [7, 11) is 1.67. The molecule has 1 unspecified atom stereocenters. The summed E-state index contributed by atoms with van der Waals surface area (Å²) < 4.78 is 11.2. The first kappa shape index (κ1) is 15.4. The van der Waals surface area contributed by atoms with Gasteiger partial charge in [-0.05, 0) is 32.9 Å². The molecular formula is C18H23NO2. The standard InChI is InChI=1S/C18H23NO2/c1-5-21-17-9-7-13(3)11-15(17)18(19)14-10-12(2)6-8-16(14)20-4/h6-11,18H,5,19H2,1-4H3. The Balaban J connectivity index is 2.51. The van der Waals surface area contributed by atoms with Crippen LogP contribution in [0, 0.1) is 13.8 Å². The minimum Gasteiger partial charge on any atom is -0.496 e. The quantitative estimate of drug-likeness (QED) is 0.909. The summed E-state index contributed by atoms with van der Waals surface area (Å²) in [4.78, 5) is 0. The smallest absolute Gasteiger partial charge is 0.124 e. The van der Waals surface area contributed by atoms with Crippen LogP contribution in [0.5, 0.6) is 11.5 Å². The number of hydrogen-bond donors (Lipinski definition) is 1. The molecule has 0 saturated carbocycles. The molecule has 0 aliphatic rings. The van der Waals surface area contributed by atoms with Gasteiger partial charge in [0.25, 0.3) is 0 Å². The number of ether oxygens (including phenoxy) is 2. The molecule has 2 N–H and O–H groups in total.